The molecule has 1 aliphatic heterocycles. The standard InChI is InChI=1S/C20H19N3O3/c1-23-16-8-4-5-9-17(16)26-18(20(23)25)12-22-19(24)10-13-11-21-15-7-3-2-6-14(13)15/h2-9,11,18,21H,10,12H2,1H3,(H,22,24). The molecule has 0 saturated carbocycles. The Morgan fingerprint density at radius 2 is 1.96 bits per heavy atom. The number of hydrogen-bond acceptors (Lipinski definition) is 3. The summed E-state index contributed by atoms with van der Waals surface area (Å²) in [7, 11) is 1.71. The highest BCUT2D eigenvalue weighted by Crippen LogP contribution is 2.32. The minimum Gasteiger partial charge on any atom is -0.477 e. The molecule has 1 atom stereocenters. The van der Waals surface area contributed by atoms with E-state index in [9.17, 15) is 9.59 Å². The molecule has 1 aromatic heterocycles. The van der Waals surface area contributed by atoms with E-state index in [0.29, 0.717) is 5.75 Å². The van der Waals surface area contributed by atoms with Crippen molar-refractivity contribution in [3.05, 3.63) is 60.3 Å². The number of ether oxygens (including phenoxy) is 1. The number of benzene rings is 2. The van der Waals surface area contributed by atoms with Crippen LogP contribution < -0.4 is 15.0 Å². The fourth-order valence-corrected chi connectivity index (χ4v) is 3.22. The molecule has 0 radical (unpaired) electrons. The Bertz CT molecular complexity index is 979. The molecule has 2 heterocycles. The third-order valence-corrected chi connectivity index (χ3v) is 4.61. The molecule has 2 N–H and O–H groups in total. The van der Waals surface area contributed by atoms with E-state index in [1.54, 1.807) is 11.9 Å². The number of amides is 2. The Morgan fingerprint density at radius 3 is 2.85 bits per heavy atom. The van der Waals surface area contributed by atoms with Gasteiger partial charge in [-0.1, -0.05) is 30.3 Å². The molecular weight excluding hydrogens is 330 g/mol. The zero-order valence-corrected chi connectivity index (χ0v) is 14.4. The van der Waals surface area contributed by atoms with Gasteiger partial charge in [0.2, 0.25) is 5.91 Å². The molecule has 4 rings (SSSR count). The summed E-state index contributed by atoms with van der Waals surface area (Å²) >= 11 is 0. The van der Waals surface area contributed by atoms with Crippen molar-refractivity contribution < 1.29 is 14.3 Å². The minimum atomic E-state index is -0.721. The summed E-state index contributed by atoms with van der Waals surface area (Å²) in [5.74, 6) is 0.328. The Hall–Kier alpha value is -3.28. The molecule has 2 aromatic carbocycles. The average molecular weight is 349 g/mol. The van der Waals surface area contributed by atoms with Crippen LogP contribution in [0.3, 0.4) is 0 Å². The highest BCUT2D eigenvalue weighted by atomic mass is 16.5. The van der Waals surface area contributed by atoms with Gasteiger partial charge in [0.05, 0.1) is 18.7 Å². The molecule has 1 aliphatic rings. The quantitative estimate of drug-likeness (QED) is 0.759. The lowest BCUT2D eigenvalue weighted by Crippen LogP contribution is -2.49. The first-order chi connectivity index (χ1) is 12.6. The van der Waals surface area contributed by atoms with Crippen molar-refractivity contribution in [2.24, 2.45) is 0 Å². The van der Waals surface area contributed by atoms with Crippen LogP contribution in [0.4, 0.5) is 5.69 Å². The summed E-state index contributed by atoms with van der Waals surface area (Å²) in [5.41, 5.74) is 2.66. The molecule has 3 aromatic rings. The number of nitrogens with zero attached hydrogens (tertiary/aromatic N) is 1. The average Bonchev–Trinajstić information content (AvgIpc) is 3.06. The SMILES string of the molecule is CN1C(=O)C(CNC(=O)Cc2c[nH]c3ccccc23)Oc2ccccc21. The Balaban J connectivity index is 1.41. The molecule has 132 valence electrons. The summed E-state index contributed by atoms with van der Waals surface area (Å²) in [6.45, 7) is 0.138. The number of carbonyl (C=O) groups excluding carboxylic acids is 2. The molecule has 26 heavy (non-hydrogen) atoms. The summed E-state index contributed by atoms with van der Waals surface area (Å²) in [6, 6.07) is 15.2. The van der Waals surface area contributed by atoms with Gasteiger partial charge in [-0.25, -0.2) is 0 Å². The molecule has 6 nitrogen and oxygen atoms in total. The first kappa shape index (κ1) is 16.2. The van der Waals surface area contributed by atoms with E-state index in [2.05, 4.69) is 10.3 Å². The predicted octanol–water partition coefficient (Wildman–Crippen LogP) is 2.25. The van der Waals surface area contributed by atoms with Crippen molar-refractivity contribution in [2.45, 2.75) is 12.5 Å². The molecule has 1 unspecified atom stereocenters. The van der Waals surface area contributed by atoms with Gasteiger partial charge in [0.15, 0.2) is 6.10 Å². The molecule has 0 aliphatic carbocycles. The second-order valence-electron chi connectivity index (χ2n) is 6.31. The van der Waals surface area contributed by atoms with E-state index in [0.717, 1.165) is 22.2 Å². The van der Waals surface area contributed by atoms with Gasteiger partial charge >= 0.3 is 0 Å². The van der Waals surface area contributed by atoms with Gasteiger partial charge < -0.3 is 19.9 Å². The molecule has 6 heteroatoms. The Labute approximate surface area is 150 Å². The summed E-state index contributed by atoms with van der Waals surface area (Å²) in [6.07, 6.45) is 1.37. The zero-order valence-electron chi connectivity index (χ0n) is 14.4. The van der Waals surface area contributed by atoms with E-state index >= 15 is 0 Å². The van der Waals surface area contributed by atoms with Crippen LogP contribution in [0.15, 0.2) is 54.7 Å². The van der Waals surface area contributed by atoms with Crippen LogP contribution in [-0.2, 0) is 16.0 Å². The van der Waals surface area contributed by atoms with Gasteiger partial charge in [-0.15, -0.1) is 0 Å². The topological polar surface area (TPSA) is 74.4 Å². The van der Waals surface area contributed by atoms with Gasteiger partial charge in [-0.2, -0.15) is 0 Å². The van der Waals surface area contributed by atoms with Gasteiger partial charge in [0.1, 0.15) is 5.75 Å². The lowest BCUT2D eigenvalue weighted by Gasteiger charge is -2.31. The number of fused-ring (bicyclic) bond motifs is 2. The minimum absolute atomic E-state index is 0.138. The monoisotopic (exact) mass is 349 g/mol. The number of carbonyl (C=O) groups is 2. The van der Waals surface area contributed by atoms with E-state index in [1.807, 2.05) is 54.7 Å². The summed E-state index contributed by atoms with van der Waals surface area (Å²) < 4.78 is 5.76. The largest absolute Gasteiger partial charge is 0.477 e. The van der Waals surface area contributed by atoms with Crippen molar-refractivity contribution in [1.82, 2.24) is 10.3 Å². The molecular formula is C20H19N3O3. The fourth-order valence-electron chi connectivity index (χ4n) is 3.22. The number of likely N-dealkylation sites (N-methyl/N-ethyl adjacent to an activating group) is 1. The fraction of sp³-hybridized carbons (Fsp3) is 0.200. The maximum absolute atomic E-state index is 12.4. The third kappa shape index (κ3) is 2.90. The van der Waals surface area contributed by atoms with Crippen molar-refractivity contribution in [2.75, 3.05) is 18.5 Å². The maximum atomic E-state index is 12.4. The van der Waals surface area contributed by atoms with Gasteiger partial charge in [0, 0.05) is 24.1 Å². The Morgan fingerprint density at radius 1 is 1.19 bits per heavy atom. The first-order valence-electron chi connectivity index (χ1n) is 8.48. The summed E-state index contributed by atoms with van der Waals surface area (Å²) in [4.78, 5) is 29.5. The van der Waals surface area contributed by atoms with Gasteiger partial charge in [0.25, 0.3) is 5.91 Å². The molecule has 0 saturated heterocycles. The first-order valence-corrected chi connectivity index (χ1v) is 8.48. The third-order valence-electron chi connectivity index (χ3n) is 4.61. The highest BCUT2D eigenvalue weighted by molar-refractivity contribution is 6.00. The molecule has 0 fully saturated rings. The van der Waals surface area contributed by atoms with Crippen LogP contribution in [0.2, 0.25) is 0 Å². The number of hydrogen-bond donors (Lipinski definition) is 2. The van der Waals surface area contributed by atoms with Crippen LogP contribution in [0.25, 0.3) is 10.9 Å². The number of anilines is 1. The van der Waals surface area contributed by atoms with Gasteiger partial charge in [-0.3, -0.25) is 9.59 Å². The second kappa shape index (κ2) is 6.55. The van der Waals surface area contributed by atoms with Crippen LogP contribution in [0.1, 0.15) is 5.56 Å². The molecule has 0 spiro atoms. The lowest BCUT2D eigenvalue weighted by atomic mass is 10.1. The van der Waals surface area contributed by atoms with Crippen LogP contribution in [-0.4, -0.2) is 36.5 Å². The van der Waals surface area contributed by atoms with Crippen molar-refractivity contribution >= 4 is 28.4 Å². The smallest absolute Gasteiger partial charge is 0.269 e. The number of para-hydroxylation sites is 3. The van der Waals surface area contributed by atoms with Crippen LogP contribution in [0, 0.1) is 0 Å². The van der Waals surface area contributed by atoms with E-state index in [4.69, 9.17) is 4.74 Å². The normalized spacial score (nSPS) is 16.3. The molecule has 0 bridgehead atoms. The van der Waals surface area contributed by atoms with Crippen molar-refractivity contribution in [1.29, 1.82) is 0 Å². The van der Waals surface area contributed by atoms with E-state index in [-0.39, 0.29) is 24.8 Å². The number of H-pyrrole nitrogens is 1. The number of aromatic nitrogens is 1. The maximum Gasteiger partial charge on any atom is 0.269 e. The highest BCUT2D eigenvalue weighted by Gasteiger charge is 2.32. The van der Waals surface area contributed by atoms with E-state index < -0.39 is 6.10 Å². The number of nitrogens with one attached hydrogen (secondary N) is 2. The number of rotatable bonds is 4. The van der Waals surface area contributed by atoms with Crippen LogP contribution in [0.5, 0.6) is 5.75 Å². The zero-order chi connectivity index (χ0) is 18.1. The summed E-state index contributed by atoms with van der Waals surface area (Å²) in [5, 5.41) is 3.84. The van der Waals surface area contributed by atoms with E-state index in [1.165, 1.54) is 0 Å². The second-order valence-corrected chi connectivity index (χ2v) is 6.31. The van der Waals surface area contributed by atoms with Crippen molar-refractivity contribution in [3.8, 4) is 5.75 Å². The predicted molar refractivity (Wildman–Crippen MR) is 99.3 cm³/mol. The van der Waals surface area contributed by atoms with Crippen molar-refractivity contribution in [3.63, 3.8) is 0 Å². The van der Waals surface area contributed by atoms with Gasteiger partial charge in [-0.05, 0) is 23.8 Å². The van der Waals surface area contributed by atoms with Crippen LogP contribution >= 0.6 is 0 Å². The molecule has 2 amide bonds. The number of aromatic amines is 1. The Kier molecular flexibility index (Phi) is 4.08. The lowest BCUT2D eigenvalue weighted by molar-refractivity contribution is -0.126.